The zero-order valence-electron chi connectivity index (χ0n) is 10.7. The van der Waals surface area contributed by atoms with Crippen molar-refractivity contribution in [1.29, 1.82) is 0 Å². The topological polar surface area (TPSA) is 17.1 Å². The Bertz CT molecular complexity index is 652. The second-order valence-electron chi connectivity index (χ2n) is 4.49. The Morgan fingerprint density at radius 1 is 0.850 bits per heavy atom. The van der Waals surface area contributed by atoms with Crippen molar-refractivity contribution in [3.8, 4) is 0 Å². The fourth-order valence-electron chi connectivity index (χ4n) is 1.80. The van der Waals surface area contributed by atoms with E-state index in [1.807, 2.05) is 6.92 Å². The summed E-state index contributed by atoms with van der Waals surface area (Å²) in [4.78, 5) is 12.4. The molecule has 0 heterocycles. The molecule has 1 nitrogen and oxygen atoms in total. The molecule has 0 aliphatic heterocycles. The summed E-state index contributed by atoms with van der Waals surface area (Å²) in [5.41, 5.74) is 1.37. The van der Waals surface area contributed by atoms with Crippen molar-refractivity contribution in [1.82, 2.24) is 0 Å². The van der Waals surface area contributed by atoms with Gasteiger partial charge in [-0.25, -0.2) is 8.78 Å². The highest BCUT2D eigenvalue weighted by Gasteiger charge is 2.19. The maximum absolute atomic E-state index is 13.8. The molecule has 2 aromatic carbocycles. The van der Waals surface area contributed by atoms with Gasteiger partial charge in [0.15, 0.2) is 5.78 Å². The Balaban J connectivity index is 2.57. The molecule has 0 aliphatic carbocycles. The summed E-state index contributed by atoms with van der Waals surface area (Å²) in [6.07, 6.45) is 0. The first-order valence-corrected chi connectivity index (χ1v) is 7.36. The largest absolute Gasteiger partial charge is 0.288 e. The Morgan fingerprint density at radius 3 is 2.15 bits per heavy atom. The van der Waals surface area contributed by atoms with E-state index < -0.39 is 17.4 Å². The van der Waals surface area contributed by atoms with Crippen molar-refractivity contribution in [3.63, 3.8) is 0 Å². The van der Waals surface area contributed by atoms with Gasteiger partial charge in [-0.05, 0) is 43.2 Å². The molecule has 0 unspecified atom stereocenters. The summed E-state index contributed by atoms with van der Waals surface area (Å²) < 4.78 is 28.4. The SMILES string of the molecule is Cc1cc(C(=O)c2cc(Br)c(C)cc2Br)c(F)cc1F. The van der Waals surface area contributed by atoms with E-state index >= 15 is 0 Å². The van der Waals surface area contributed by atoms with Crippen LogP contribution >= 0.6 is 31.9 Å². The molecule has 0 atom stereocenters. The van der Waals surface area contributed by atoms with Crippen LogP contribution in [0.5, 0.6) is 0 Å². The summed E-state index contributed by atoms with van der Waals surface area (Å²) in [6.45, 7) is 3.37. The van der Waals surface area contributed by atoms with Crippen LogP contribution in [0.1, 0.15) is 27.0 Å². The third kappa shape index (κ3) is 2.83. The molecule has 0 bridgehead atoms. The zero-order valence-corrected chi connectivity index (χ0v) is 13.9. The molecule has 0 radical (unpaired) electrons. The van der Waals surface area contributed by atoms with Crippen molar-refractivity contribution in [2.75, 3.05) is 0 Å². The van der Waals surface area contributed by atoms with E-state index in [-0.39, 0.29) is 11.1 Å². The van der Waals surface area contributed by atoms with Gasteiger partial charge in [-0.1, -0.05) is 31.9 Å². The minimum Gasteiger partial charge on any atom is -0.288 e. The summed E-state index contributed by atoms with van der Waals surface area (Å²) in [6, 6.07) is 5.36. The minimum absolute atomic E-state index is 0.139. The van der Waals surface area contributed by atoms with Gasteiger partial charge in [-0.2, -0.15) is 0 Å². The number of halogens is 4. The van der Waals surface area contributed by atoms with Crippen LogP contribution in [0, 0.1) is 25.5 Å². The van der Waals surface area contributed by atoms with E-state index in [4.69, 9.17) is 0 Å². The number of hydrogen-bond donors (Lipinski definition) is 0. The first kappa shape index (κ1) is 15.3. The summed E-state index contributed by atoms with van der Waals surface area (Å²) in [7, 11) is 0. The highest BCUT2D eigenvalue weighted by Crippen LogP contribution is 2.28. The molecule has 20 heavy (non-hydrogen) atoms. The maximum Gasteiger partial charge on any atom is 0.197 e. The van der Waals surface area contributed by atoms with Gasteiger partial charge in [0.1, 0.15) is 11.6 Å². The van der Waals surface area contributed by atoms with Crippen LogP contribution in [0.3, 0.4) is 0 Å². The molecular weight excluding hydrogens is 394 g/mol. The monoisotopic (exact) mass is 402 g/mol. The molecule has 0 saturated carbocycles. The quantitative estimate of drug-likeness (QED) is 0.618. The molecule has 0 N–H and O–H groups in total. The fraction of sp³-hybridized carbons (Fsp3) is 0.133. The van der Waals surface area contributed by atoms with Gasteiger partial charge in [-0.15, -0.1) is 0 Å². The molecule has 104 valence electrons. The lowest BCUT2D eigenvalue weighted by Gasteiger charge is -2.09. The zero-order chi connectivity index (χ0) is 15.0. The molecule has 2 aromatic rings. The van der Waals surface area contributed by atoms with Crippen LogP contribution in [0.2, 0.25) is 0 Å². The van der Waals surface area contributed by atoms with Crippen molar-refractivity contribution in [2.45, 2.75) is 13.8 Å². The van der Waals surface area contributed by atoms with E-state index in [1.165, 1.54) is 13.0 Å². The number of carbonyl (C=O) groups is 1. The van der Waals surface area contributed by atoms with E-state index in [1.54, 1.807) is 12.1 Å². The van der Waals surface area contributed by atoms with Gasteiger partial charge in [0, 0.05) is 20.6 Å². The Labute approximate surface area is 132 Å². The number of rotatable bonds is 2. The molecule has 0 fully saturated rings. The van der Waals surface area contributed by atoms with Crippen molar-refractivity contribution in [2.24, 2.45) is 0 Å². The highest BCUT2D eigenvalue weighted by atomic mass is 79.9. The molecule has 0 saturated heterocycles. The number of ketones is 1. The lowest BCUT2D eigenvalue weighted by atomic mass is 10.00. The summed E-state index contributed by atoms with van der Waals surface area (Å²) in [5, 5.41) is 0. The minimum atomic E-state index is -0.860. The van der Waals surface area contributed by atoms with Gasteiger partial charge >= 0.3 is 0 Å². The van der Waals surface area contributed by atoms with E-state index in [9.17, 15) is 13.6 Å². The van der Waals surface area contributed by atoms with Crippen molar-refractivity contribution < 1.29 is 13.6 Å². The van der Waals surface area contributed by atoms with E-state index in [0.717, 1.165) is 16.1 Å². The van der Waals surface area contributed by atoms with Gasteiger partial charge < -0.3 is 0 Å². The van der Waals surface area contributed by atoms with Gasteiger partial charge in [0.25, 0.3) is 0 Å². The van der Waals surface area contributed by atoms with Gasteiger partial charge in [0.05, 0.1) is 5.56 Å². The van der Waals surface area contributed by atoms with Crippen LogP contribution < -0.4 is 0 Å². The second kappa shape index (κ2) is 5.74. The molecule has 2 rings (SSSR count). The summed E-state index contributed by atoms with van der Waals surface area (Å²) >= 11 is 6.64. The number of hydrogen-bond acceptors (Lipinski definition) is 1. The number of aryl methyl sites for hydroxylation is 2. The molecule has 0 spiro atoms. The maximum atomic E-state index is 13.8. The van der Waals surface area contributed by atoms with Gasteiger partial charge in [-0.3, -0.25) is 4.79 Å². The van der Waals surface area contributed by atoms with E-state index in [0.29, 0.717) is 10.0 Å². The van der Waals surface area contributed by atoms with Crippen LogP contribution in [-0.2, 0) is 0 Å². The third-order valence-electron chi connectivity index (χ3n) is 2.99. The van der Waals surface area contributed by atoms with Crippen LogP contribution in [0.25, 0.3) is 0 Å². The molecule has 0 aromatic heterocycles. The fourth-order valence-corrected chi connectivity index (χ4v) is 2.78. The third-order valence-corrected chi connectivity index (χ3v) is 4.50. The van der Waals surface area contributed by atoms with Gasteiger partial charge in [0.2, 0.25) is 0 Å². The average molecular weight is 404 g/mol. The van der Waals surface area contributed by atoms with Crippen LogP contribution in [0.15, 0.2) is 33.2 Å². The highest BCUT2D eigenvalue weighted by molar-refractivity contribution is 9.11. The number of benzene rings is 2. The molecule has 0 amide bonds. The average Bonchev–Trinajstić information content (AvgIpc) is 2.37. The first-order chi connectivity index (χ1) is 9.31. The number of carbonyl (C=O) groups excluding carboxylic acids is 1. The molecule has 0 aliphatic rings. The van der Waals surface area contributed by atoms with E-state index in [2.05, 4.69) is 31.9 Å². The lowest BCUT2D eigenvalue weighted by Crippen LogP contribution is -2.07. The van der Waals surface area contributed by atoms with Crippen molar-refractivity contribution >= 4 is 37.6 Å². The summed E-state index contributed by atoms with van der Waals surface area (Å²) in [5.74, 6) is -2.01. The Morgan fingerprint density at radius 2 is 1.50 bits per heavy atom. The van der Waals surface area contributed by atoms with Crippen LogP contribution in [0.4, 0.5) is 8.78 Å². The molecular formula is C15H10Br2F2O. The predicted molar refractivity (Wildman–Crippen MR) is 81.1 cm³/mol. The smallest absolute Gasteiger partial charge is 0.197 e. The normalized spacial score (nSPS) is 10.7. The van der Waals surface area contributed by atoms with Crippen LogP contribution in [-0.4, -0.2) is 5.78 Å². The lowest BCUT2D eigenvalue weighted by molar-refractivity contribution is 0.103. The predicted octanol–water partition coefficient (Wildman–Crippen LogP) is 5.34. The Kier molecular flexibility index (Phi) is 4.39. The first-order valence-electron chi connectivity index (χ1n) is 5.77. The Hall–Kier alpha value is -1.07. The molecule has 5 heteroatoms. The second-order valence-corrected chi connectivity index (χ2v) is 6.20. The standard InChI is InChI=1S/C15H10Br2F2O/c1-7-4-12(17)9(5-11(7)16)15(20)10-3-8(2)13(18)6-14(10)19/h3-6H,1-2H3. The van der Waals surface area contributed by atoms with Crippen molar-refractivity contribution in [3.05, 3.63) is 67.1 Å².